The van der Waals surface area contributed by atoms with Gasteiger partial charge in [-0.3, -0.25) is 0 Å². The summed E-state index contributed by atoms with van der Waals surface area (Å²) in [6.45, 7) is 1.71. The minimum atomic E-state index is -0.856. The summed E-state index contributed by atoms with van der Waals surface area (Å²) < 4.78 is 5.14. The molecule has 0 spiro atoms. The summed E-state index contributed by atoms with van der Waals surface area (Å²) in [5, 5.41) is 9.75. The Bertz CT molecular complexity index is 344. The van der Waals surface area contributed by atoms with Crippen molar-refractivity contribution in [2.24, 2.45) is 0 Å². The van der Waals surface area contributed by atoms with Gasteiger partial charge in [-0.1, -0.05) is 0 Å². The van der Waals surface area contributed by atoms with Gasteiger partial charge in [-0.25, -0.2) is 4.79 Å². The molecule has 76 valence electrons. The molecule has 0 unspecified atom stereocenters. The van der Waals surface area contributed by atoms with E-state index in [9.17, 15) is 4.79 Å². The van der Waals surface area contributed by atoms with E-state index in [1.807, 2.05) is 6.07 Å². The fourth-order valence-electron chi connectivity index (χ4n) is 1.38. The van der Waals surface area contributed by atoms with Gasteiger partial charge < -0.3 is 14.7 Å². The third-order valence-electron chi connectivity index (χ3n) is 2.30. The van der Waals surface area contributed by atoms with Gasteiger partial charge in [0.15, 0.2) is 0 Å². The van der Waals surface area contributed by atoms with E-state index in [-0.39, 0.29) is 0 Å². The molecule has 2 heterocycles. The Morgan fingerprint density at radius 3 is 2.86 bits per heavy atom. The second-order valence-corrected chi connectivity index (χ2v) is 4.27. The second kappa shape index (κ2) is 3.59. The van der Waals surface area contributed by atoms with Gasteiger partial charge in [0.1, 0.15) is 4.88 Å². The van der Waals surface area contributed by atoms with Crippen LogP contribution in [-0.2, 0) is 4.74 Å². The summed E-state index contributed by atoms with van der Waals surface area (Å²) in [7, 11) is 1.69. The van der Waals surface area contributed by atoms with Crippen LogP contribution in [0.25, 0.3) is 0 Å². The maximum absolute atomic E-state index is 10.6. The Balaban J connectivity index is 2.01. The second-order valence-electron chi connectivity index (χ2n) is 3.21. The predicted molar refractivity (Wildman–Crippen MR) is 54.3 cm³/mol. The molecule has 0 radical (unpaired) electrons. The molecule has 0 amide bonds. The molecule has 0 aliphatic carbocycles. The van der Waals surface area contributed by atoms with Crippen molar-refractivity contribution < 1.29 is 14.6 Å². The minimum absolute atomic E-state index is 0.297. The Kier molecular flexibility index (Phi) is 2.43. The van der Waals surface area contributed by atoms with E-state index < -0.39 is 5.97 Å². The number of anilines is 1. The van der Waals surface area contributed by atoms with Gasteiger partial charge in [0.25, 0.3) is 0 Å². The number of carbonyl (C=O) groups is 1. The number of aromatic carboxylic acids is 1. The first-order valence-electron chi connectivity index (χ1n) is 4.31. The average molecular weight is 213 g/mol. The summed E-state index contributed by atoms with van der Waals surface area (Å²) in [4.78, 5) is 13.1. The average Bonchev–Trinajstić information content (AvgIpc) is 2.51. The number of hydrogen-bond donors (Lipinski definition) is 1. The molecule has 2 rings (SSSR count). The van der Waals surface area contributed by atoms with Gasteiger partial charge >= 0.3 is 5.97 Å². The molecule has 1 N–H and O–H groups in total. The molecular formula is C9H11NO3S. The van der Waals surface area contributed by atoms with Crippen LogP contribution in [0.3, 0.4) is 0 Å². The van der Waals surface area contributed by atoms with E-state index in [1.165, 1.54) is 11.3 Å². The van der Waals surface area contributed by atoms with Crippen molar-refractivity contribution in [3.8, 4) is 0 Å². The lowest BCUT2D eigenvalue weighted by Gasteiger charge is -2.38. The number of thiophene rings is 1. The lowest BCUT2D eigenvalue weighted by Crippen LogP contribution is -2.51. The third-order valence-corrected chi connectivity index (χ3v) is 3.43. The molecule has 1 aromatic heterocycles. The maximum Gasteiger partial charge on any atom is 0.345 e. The molecule has 5 heteroatoms. The van der Waals surface area contributed by atoms with Crippen molar-refractivity contribution in [2.45, 2.75) is 6.10 Å². The summed E-state index contributed by atoms with van der Waals surface area (Å²) in [5.41, 5.74) is 0. The fourth-order valence-corrected chi connectivity index (χ4v) is 2.24. The SMILES string of the molecule is COC1CN(c2ccc(C(=O)O)s2)C1. The van der Waals surface area contributed by atoms with Gasteiger partial charge in [0.2, 0.25) is 0 Å². The molecular weight excluding hydrogens is 202 g/mol. The molecule has 1 aliphatic rings. The molecule has 0 bridgehead atoms. The zero-order chi connectivity index (χ0) is 10.1. The van der Waals surface area contributed by atoms with Crippen LogP contribution >= 0.6 is 11.3 Å². The van der Waals surface area contributed by atoms with E-state index in [0.29, 0.717) is 11.0 Å². The van der Waals surface area contributed by atoms with Crippen molar-refractivity contribution in [3.63, 3.8) is 0 Å². The van der Waals surface area contributed by atoms with Gasteiger partial charge in [-0.2, -0.15) is 0 Å². The van der Waals surface area contributed by atoms with E-state index in [4.69, 9.17) is 9.84 Å². The number of rotatable bonds is 3. The maximum atomic E-state index is 10.6. The highest BCUT2D eigenvalue weighted by atomic mass is 32.1. The minimum Gasteiger partial charge on any atom is -0.477 e. The largest absolute Gasteiger partial charge is 0.477 e. The molecule has 1 aliphatic heterocycles. The van der Waals surface area contributed by atoms with Gasteiger partial charge in [0.05, 0.1) is 11.1 Å². The molecule has 1 saturated heterocycles. The summed E-state index contributed by atoms with van der Waals surface area (Å²) in [5.74, 6) is -0.856. The van der Waals surface area contributed by atoms with Crippen molar-refractivity contribution in [3.05, 3.63) is 17.0 Å². The number of carboxylic acids is 1. The summed E-state index contributed by atoms with van der Waals surface area (Å²) in [6.07, 6.45) is 0.297. The van der Waals surface area contributed by atoms with Crippen molar-refractivity contribution >= 4 is 22.3 Å². The lowest BCUT2D eigenvalue weighted by molar-refractivity contribution is 0.0702. The van der Waals surface area contributed by atoms with E-state index in [0.717, 1.165) is 18.1 Å². The van der Waals surface area contributed by atoms with E-state index in [1.54, 1.807) is 13.2 Å². The standard InChI is InChI=1S/C9H11NO3S/c1-13-6-4-10(5-6)8-3-2-7(14-8)9(11)12/h2-3,6H,4-5H2,1H3,(H,11,12). The highest BCUT2D eigenvalue weighted by molar-refractivity contribution is 7.17. The lowest BCUT2D eigenvalue weighted by atomic mass is 10.2. The first-order valence-corrected chi connectivity index (χ1v) is 5.13. The van der Waals surface area contributed by atoms with Crippen LogP contribution in [0.1, 0.15) is 9.67 Å². The number of nitrogens with zero attached hydrogens (tertiary/aromatic N) is 1. The zero-order valence-corrected chi connectivity index (χ0v) is 8.58. The molecule has 1 fully saturated rings. The summed E-state index contributed by atoms with van der Waals surface area (Å²) >= 11 is 1.31. The molecule has 0 saturated carbocycles. The topological polar surface area (TPSA) is 49.8 Å². The quantitative estimate of drug-likeness (QED) is 0.821. The van der Waals surface area contributed by atoms with E-state index in [2.05, 4.69) is 4.90 Å². The van der Waals surface area contributed by atoms with Crippen LogP contribution < -0.4 is 4.90 Å². The Hall–Kier alpha value is -1.07. The number of carboxylic acid groups (broad SMARTS) is 1. The number of methoxy groups -OCH3 is 1. The highest BCUT2D eigenvalue weighted by Gasteiger charge is 2.27. The van der Waals surface area contributed by atoms with Crippen LogP contribution in [0.15, 0.2) is 12.1 Å². The van der Waals surface area contributed by atoms with Crippen LogP contribution in [0.2, 0.25) is 0 Å². The van der Waals surface area contributed by atoms with Crippen molar-refractivity contribution in [1.82, 2.24) is 0 Å². The van der Waals surface area contributed by atoms with Crippen molar-refractivity contribution in [1.29, 1.82) is 0 Å². The monoisotopic (exact) mass is 213 g/mol. The van der Waals surface area contributed by atoms with Crippen LogP contribution in [0, 0.1) is 0 Å². The smallest absolute Gasteiger partial charge is 0.345 e. The molecule has 0 aromatic carbocycles. The van der Waals surface area contributed by atoms with Crippen LogP contribution in [0.5, 0.6) is 0 Å². The molecule has 1 aromatic rings. The fraction of sp³-hybridized carbons (Fsp3) is 0.444. The Labute approximate surface area is 85.7 Å². The first-order chi connectivity index (χ1) is 6.70. The first kappa shape index (κ1) is 9.48. The third kappa shape index (κ3) is 1.60. The number of ether oxygens (including phenoxy) is 1. The van der Waals surface area contributed by atoms with Gasteiger partial charge in [-0.05, 0) is 12.1 Å². The van der Waals surface area contributed by atoms with Gasteiger partial charge in [-0.15, -0.1) is 11.3 Å². The van der Waals surface area contributed by atoms with Crippen molar-refractivity contribution in [2.75, 3.05) is 25.1 Å². The number of hydrogen-bond acceptors (Lipinski definition) is 4. The van der Waals surface area contributed by atoms with E-state index >= 15 is 0 Å². The van der Waals surface area contributed by atoms with Crippen LogP contribution in [0.4, 0.5) is 5.00 Å². The Morgan fingerprint density at radius 2 is 2.36 bits per heavy atom. The molecule has 14 heavy (non-hydrogen) atoms. The molecule has 0 atom stereocenters. The predicted octanol–water partition coefficient (Wildman–Crippen LogP) is 1.28. The molecule has 4 nitrogen and oxygen atoms in total. The van der Waals surface area contributed by atoms with Crippen LogP contribution in [-0.4, -0.2) is 37.4 Å². The Morgan fingerprint density at radius 1 is 1.64 bits per heavy atom. The summed E-state index contributed by atoms with van der Waals surface area (Å²) in [6, 6.07) is 3.49. The normalized spacial score (nSPS) is 16.8. The highest BCUT2D eigenvalue weighted by Crippen LogP contribution is 2.30. The van der Waals surface area contributed by atoms with Gasteiger partial charge in [0, 0.05) is 20.2 Å². The zero-order valence-electron chi connectivity index (χ0n) is 7.77.